The van der Waals surface area contributed by atoms with Crippen LogP contribution in [-0.2, 0) is 6.42 Å². The van der Waals surface area contributed by atoms with Gasteiger partial charge in [-0.15, -0.1) is 11.3 Å². The molecule has 0 radical (unpaired) electrons. The molecule has 0 aliphatic heterocycles. The van der Waals surface area contributed by atoms with Crippen molar-refractivity contribution in [3.8, 4) is 0 Å². The molecule has 0 amide bonds. The molecule has 0 saturated heterocycles. The summed E-state index contributed by atoms with van der Waals surface area (Å²) < 4.78 is 27.7. The summed E-state index contributed by atoms with van der Waals surface area (Å²) in [6.07, 6.45) is -0.551. The average molecular weight is 333 g/mol. The van der Waals surface area contributed by atoms with Crippen molar-refractivity contribution in [3.63, 3.8) is 0 Å². The Labute approximate surface area is 116 Å². The molecule has 0 bridgehead atoms. The second-order valence-corrected chi connectivity index (χ2v) is 5.63. The fourth-order valence-corrected chi connectivity index (χ4v) is 3.14. The molecule has 1 aromatic carbocycles. The topological polar surface area (TPSA) is 20.2 Å². The summed E-state index contributed by atoms with van der Waals surface area (Å²) in [4.78, 5) is 0.591. The number of hydrogen-bond acceptors (Lipinski definition) is 2. The lowest BCUT2D eigenvalue weighted by Gasteiger charge is -2.14. The highest BCUT2D eigenvalue weighted by Crippen LogP contribution is 2.34. The van der Waals surface area contributed by atoms with Crippen LogP contribution in [0.1, 0.15) is 29.0 Å². The summed E-state index contributed by atoms with van der Waals surface area (Å²) in [5.41, 5.74) is 0.604. The fraction of sp³-hybridized carbons (Fsp3) is 0.231. The van der Waals surface area contributed by atoms with E-state index in [-0.39, 0.29) is 10.0 Å². The van der Waals surface area contributed by atoms with Gasteiger partial charge in [-0.3, -0.25) is 0 Å². The van der Waals surface area contributed by atoms with Gasteiger partial charge < -0.3 is 5.11 Å². The first kappa shape index (κ1) is 13.6. The Bertz CT molecular complexity index is 568. The van der Waals surface area contributed by atoms with Crippen LogP contribution in [0.2, 0.25) is 0 Å². The molecule has 1 unspecified atom stereocenters. The van der Waals surface area contributed by atoms with E-state index >= 15 is 0 Å². The van der Waals surface area contributed by atoms with E-state index in [0.29, 0.717) is 11.3 Å². The summed E-state index contributed by atoms with van der Waals surface area (Å²) in [7, 11) is 0. The van der Waals surface area contributed by atoms with Crippen LogP contribution in [0.4, 0.5) is 8.78 Å². The van der Waals surface area contributed by atoms with Gasteiger partial charge in [-0.1, -0.05) is 6.92 Å². The zero-order valence-electron chi connectivity index (χ0n) is 9.58. The minimum atomic E-state index is -1.27. The molecule has 1 heterocycles. The van der Waals surface area contributed by atoms with Gasteiger partial charge in [0.15, 0.2) is 0 Å². The predicted molar refractivity (Wildman–Crippen MR) is 71.8 cm³/mol. The predicted octanol–water partition coefficient (Wildman–Crippen LogP) is 4.43. The van der Waals surface area contributed by atoms with Gasteiger partial charge in [0.1, 0.15) is 17.7 Å². The molecular formula is C13H11BrF2OS. The highest BCUT2D eigenvalue weighted by molar-refractivity contribution is 9.10. The maximum Gasteiger partial charge on any atom is 0.146 e. The van der Waals surface area contributed by atoms with E-state index in [2.05, 4.69) is 15.9 Å². The minimum absolute atomic E-state index is 0.146. The molecule has 0 aliphatic rings. The number of aryl methyl sites for hydroxylation is 1. The number of benzene rings is 1. The van der Waals surface area contributed by atoms with E-state index in [1.54, 1.807) is 0 Å². The fourth-order valence-electron chi connectivity index (χ4n) is 1.80. The van der Waals surface area contributed by atoms with Crippen LogP contribution >= 0.6 is 27.3 Å². The first-order valence-corrected chi connectivity index (χ1v) is 7.11. The molecule has 0 saturated carbocycles. The van der Waals surface area contributed by atoms with Gasteiger partial charge in [0, 0.05) is 4.88 Å². The van der Waals surface area contributed by atoms with Crippen LogP contribution in [0.25, 0.3) is 0 Å². The summed E-state index contributed by atoms with van der Waals surface area (Å²) in [6, 6.07) is 4.29. The van der Waals surface area contributed by atoms with E-state index in [0.717, 1.165) is 11.6 Å². The average Bonchev–Trinajstić information content (AvgIpc) is 2.82. The van der Waals surface area contributed by atoms with E-state index in [9.17, 15) is 13.9 Å². The molecule has 0 spiro atoms. The third kappa shape index (κ3) is 2.35. The molecule has 0 aliphatic carbocycles. The van der Waals surface area contributed by atoms with Gasteiger partial charge in [0.25, 0.3) is 0 Å². The zero-order chi connectivity index (χ0) is 13.3. The number of aliphatic hydroxyl groups excluding tert-OH is 1. The van der Waals surface area contributed by atoms with Crippen LogP contribution in [0.15, 0.2) is 28.1 Å². The number of halogens is 3. The van der Waals surface area contributed by atoms with Gasteiger partial charge in [-0.25, -0.2) is 8.78 Å². The van der Waals surface area contributed by atoms with Gasteiger partial charge in [0.05, 0.1) is 10.0 Å². The van der Waals surface area contributed by atoms with Crippen molar-refractivity contribution in [2.24, 2.45) is 0 Å². The van der Waals surface area contributed by atoms with Gasteiger partial charge in [-0.05, 0) is 51.5 Å². The zero-order valence-corrected chi connectivity index (χ0v) is 12.0. The van der Waals surface area contributed by atoms with Crippen molar-refractivity contribution in [2.75, 3.05) is 0 Å². The molecule has 96 valence electrons. The number of aliphatic hydroxyl groups is 1. The third-order valence-electron chi connectivity index (χ3n) is 2.76. The Hall–Kier alpha value is -0.780. The maximum atomic E-state index is 13.9. The Morgan fingerprint density at radius 3 is 2.72 bits per heavy atom. The molecule has 1 nitrogen and oxygen atoms in total. The van der Waals surface area contributed by atoms with Crippen molar-refractivity contribution < 1.29 is 13.9 Å². The minimum Gasteiger partial charge on any atom is -0.383 e. The van der Waals surface area contributed by atoms with E-state index in [4.69, 9.17) is 0 Å². The molecule has 5 heteroatoms. The van der Waals surface area contributed by atoms with Crippen LogP contribution < -0.4 is 0 Å². The van der Waals surface area contributed by atoms with Crippen LogP contribution in [0.3, 0.4) is 0 Å². The van der Waals surface area contributed by atoms with Crippen LogP contribution in [-0.4, -0.2) is 5.11 Å². The number of rotatable bonds is 3. The molecule has 1 atom stereocenters. The second-order valence-electron chi connectivity index (χ2n) is 3.82. The summed E-state index contributed by atoms with van der Waals surface area (Å²) in [5.74, 6) is -1.49. The summed E-state index contributed by atoms with van der Waals surface area (Å²) in [5, 5.41) is 12.0. The molecule has 0 fully saturated rings. The molecular weight excluding hydrogens is 322 g/mol. The maximum absolute atomic E-state index is 13.9. The molecule has 1 N–H and O–H groups in total. The van der Waals surface area contributed by atoms with E-state index in [1.165, 1.54) is 17.4 Å². The Kier molecular flexibility index (Phi) is 4.14. The Morgan fingerprint density at radius 1 is 1.33 bits per heavy atom. The molecule has 18 heavy (non-hydrogen) atoms. The van der Waals surface area contributed by atoms with Gasteiger partial charge in [-0.2, -0.15) is 0 Å². The molecule has 1 aromatic heterocycles. The highest BCUT2D eigenvalue weighted by atomic mass is 79.9. The van der Waals surface area contributed by atoms with Gasteiger partial charge in [0.2, 0.25) is 0 Å². The van der Waals surface area contributed by atoms with E-state index in [1.807, 2.05) is 18.4 Å². The van der Waals surface area contributed by atoms with Crippen molar-refractivity contribution in [3.05, 3.63) is 55.7 Å². The van der Waals surface area contributed by atoms with E-state index < -0.39 is 17.7 Å². The Morgan fingerprint density at radius 2 is 2.06 bits per heavy atom. The summed E-state index contributed by atoms with van der Waals surface area (Å²) >= 11 is 4.30. The van der Waals surface area contributed by atoms with Crippen LogP contribution in [0.5, 0.6) is 0 Å². The lowest BCUT2D eigenvalue weighted by molar-refractivity contribution is 0.211. The second kappa shape index (κ2) is 5.47. The molecule has 2 rings (SSSR count). The summed E-state index contributed by atoms with van der Waals surface area (Å²) in [6.45, 7) is 1.94. The lowest BCUT2D eigenvalue weighted by Crippen LogP contribution is -2.06. The van der Waals surface area contributed by atoms with Crippen molar-refractivity contribution in [2.45, 2.75) is 19.4 Å². The SMILES string of the molecule is CCc1ccsc1C(O)c1c(F)ccc(Br)c1F. The monoisotopic (exact) mass is 332 g/mol. The standard InChI is InChI=1S/C13H11BrF2OS/c1-2-7-5-6-18-13(7)12(17)10-9(15)4-3-8(14)11(10)16/h3-6,12,17H,2H2,1H3. The Balaban J connectivity index is 2.52. The van der Waals surface area contributed by atoms with Crippen LogP contribution in [0, 0.1) is 11.6 Å². The van der Waals surface area contributed by atoms with Crippen molar-refractivity contribution in [1.82, 2.24) is 0 Å². The first-order chi connectivity index (χ1) is 8.56. The highest BCUT2D eigenvalue weighted by Gasteiger charge is 2.24. The first-order valence-electron chi connectivity index (χ1n) is 5.44. The largest absolute Gasteiger partial charge is 0.383 e. The normalized spacial score (nSPS) is 12.7. The van der Waals surface area contributed by atoms with Gasteiger partial charge >= 0.3 is 0 Å². The molecule has 2 aromatic rings. The smallest absolute Gasteiger partial charge is 0.146 e. The number of hydrogen-bond donors (Lipinski definition) is 1. The van der Waals surface area contributed by atoms with Crippen molar-refractivity contribution in [1.29, 1.82) is 0 Å². The number of thiophene rings is 1. The van der Waals surface area contributed by atoms with Crippen molar-refractivity contribution >= 4 is 27.3 Å². The lowest BCUT2D eigenvalue weighted by atomic mass is 10.0. The third-order valence-corrected chi connectivity index (χ3v) is 4.39. The quantitative estimate of drug-likeness (QED) is 0.824.